The number of nitrogens with zero attached hydrogens (tertiary/aromatic N) is 1. The predicted molar refractivity (Wildman–Crippen MR) is 303 cm³/mol. The Labute approximate surface area is 438 Å². The molecule has 0 aliphatic heterocycles. The van der Waals surface area contributed by atoms with E-state index in [1.54, 1.807) is 0 Å². The summed E-state index contributed by atoms with van der Waals surface area (Å²) in [6, 6.07) is 0. The molecule has 0 saturated heterocycles. The molecule has 0 spiro atoms. The molecule has 0 amide bonds. The highest BCUT2D eigenvalue weighted by atomic mass is 31.2. The Balaban J connectivity index is 4.15. The number of hydrogen-bond donors (Lipinski definition) is 1. The Kier molecular flexibility index (Phi) is 50.9. The van der Waals surface area contributed by atoms with Gasteiger partial charge in [0.15, 0.2) is 6.10 Å². The molecular weight excluding hydrogens is 906 g/mol. The van der Waals surface area contributed by atoms with Crippen LogP contribution in [-0.4, -0.2) is 74.9 Å². The summed E-state index contributed by atoms with van der Waals surface area (Å²) in [7, 11) is 1.47. The van der Waals surface area contributed by atoms with Crippen LogP contribution in [0.3, 0.4) is 0 Å². The number of allylic oxidation sites excluding steroid dienone is 10. The molecule has 0 rings (SSSR count). The highest BCUT2D eigenvalue weighted by Crippen LogP contribution is 2.43. The first-order chi connectivity index (χ1) is 34.5. The van der Waals surface area contributed by atoms with E-state index in [9.17, 15) is 19.0 Å². The summed E-state index contributed by atoms with van der Waals surface area (Å²) in [5, 5.41) is 0. The van der Waals surface area contributed by atoms with E-state index in [1.165, 1.54) is 148 Å². The van der Waals surface area contributed by atoms with E-state index in [1.807, 2.05) is 21.1 Å². The van der Waals surface area contributed by atoms with Crippen LogP contribution in [0.2, 0.25) is 0 Å². The second-order valence-corrected chi connectivity index (χ2v) is 22.5. The lowest BCUT2D eigenvalue weighted by molar-refractivity contribution is -0.870. The minimum atomic E-state index is -4.39. The Bertz CT molecular complexity index is 1380. The first kappa shape index (κ1) is 68.7. The summed E-state index contributed by atoms with van der Waals surface area (Å²) in [5.41, 5.74) is 0. The van der Waals surface area contributed by atoms with Gasteiger partial charge in [-0.25, -0.2) is 4.57 Å². The number of esters is 2. The number of rotatable bonds is 54. The van der Waals surface area contributed by atoms with Crippen LogP contribution in [0.5, 0.6) is 0 Å². The van der Waals surface area contributed by atoms with Crippen molar-refractivity contribution in [3.63, 3.8) is 0 Å². The number of likely N-dealkylation sites (N-methyl/N-ethyl adjacent to an activating group) is 1. The van der Waals surface area contributed by atoms with E-state index >= 15 is 0 Å². The van der Waals surface area contributed by atoms with Crippen LogP contribution in [0.25, 0.3) is 0 Å². The van der Waals surface area contributed by atoms with Gasteiger partial charge in [0.05, 0.1) is 27.7 Å². The van der Waals surface area contributed by atoms with Crippen molar-refractivity contribution < 1.29 is 42.1 Å². The Hall–Kier alpha value is -2.29. The normalized spacial score (nSPS) is 13.7. The van der Waals surface area contributed by atoms with E-state index < -0.39 is 26.5 Å². The second-order valence-electron chi connectivity index (χ2n) is 21.0. The van der Waals surface area contributed by atoms with E-state index in [0.29, 0.717) is 17.4 Å². The van der Waals surface area contributed by atoms with Gasteiger partial charge in [0.2, 0.25) is 0 Å². The van der Waals surface area contributed by atoms with Crippen molar-refractivity contribution in [1.29, 1.82) is 0 Å². The van der Waals surface area contributed by atoms with Crippen molar-refractivity contribution in [1.82, 2.24) is 0 Å². The Morgan fingerprint density at radius 2 is 0.803 bits per heavy atom. The third kappa shape index (κ3) is 56.9. The molecule has 0 bridgehead atoms. The van der Waals surface area contributed by atoms with E-state index in [4.69, 9.17) is 18.5 Å². The van der Waals surface area contributed by atoms with Crippen LogP contribution in [0, 0.1) is 0 Å². The quantitative estimate of drug-likeness (QED) is 0.0211. The zero-order valence-corrected chi connectivity index (χ0v) is 47.9. The molecule has 0 aliphatic carbocycles. The molecule has 0 aliphatic rings. The SMILES string of the molecule is CC/C=C\C/C=C\C/C=C\C/C=C\C/C=C\CCCCCCCC(=O)OC(COC(=O)CCCCCCCCCCCCCCCCCCCCCCCCCCCC)COP(=O)(O)OCC[N+](C)(C)C. The van der Waals surface area contributed by atoms with Gasteiger partial charge < -0.3 is 18.9 Å². The van der Waals surface area contributed by atoms with Crippen LogP contribution in [0.1, 0.15) is 264 Å². The maximum absolute atomic E-state index is 12.8. The van der Waals surface area contributed by atoms with Gasteiger partial charge in [-0.15, -0.1) is 0 Å². The van der Waals surface area contributed by atoms with Crippen molar-refractivity contribution in [3.05, 3.63) is 60.8 Å². The molecule has 0 saturated carbocycles. The lowest BCUT2D eigenvalue weighted by Crippen LogP contribution is -2.37. The minimum Gasteiger partial charge on any atom is -0.462 e. The second kappa shape index (κ2) is 52.6. The van der Waals surface area contributed by atoms with E-state index in [0.717, 1.165) is 83.5 Å². The highest BCUT2D eigenvalue weighted by molar-refractivity contribution is 7.47. The fraction of sp³-hybridized carbons (Fsp3) is 0.803. The number of phosphoric acid groups is 1. The Morgan fingerprint density at radius 3 is 1.20 bits per heavy atom. The van der Waals surface area contributed by atoms with Crippen molar-refractivity contribution >= 4 is 19.8 Å². The molecule has 9 nitrogen and oxygen atoms in total. The van der Waals surface area contributed by atoms with Crippen LogP contribution >= 0.6 is 7.82 Å². The number of ether oxygens (including phenoxy) is 2. The van der Waals surface area contributed by atoms with Crippen molar-refractivity contribution in [2.75, 3.05) is 47.5 Å². The molecular formula is C61H113NO8P+. The van der Waals surface area contributed by atoms with Crippen LogP contribution in [-0.2, 0) is 32.7 Å². The van der Waals surface area contributed by atoms with Crippen LogP contribution in [0.4, 0.5) is 0 Å². The number of carbonyl (C=O) groups is 2. The molecule has 71 heavy (non-hydrogen) atoms. The first-order valence-electron chi connectivity index (χ1n) is 29.5. The summed E-state index contributed by atoms with van der Waals surface area (Å²) in [5.74, 6) is -0.811. The van der Waals surface area contributed by atoms with E-state index in [2.05, 4.69) is 74.6 Å². The maximum Gasteiger partial charge on any atom is 0.472 e. The summed E-state index contributed by atoms with van der Waals surface area (Å²) < 4.78 is 34.6. The molecule has 0 aromatic heterocycles. The maximum atomic E-state index is 12.8. The smallest absolute Gasteiger partial charge is 0.462 e. The number of phosphoric ester groups is 1. The van der Waals surface area contributed by atoms with Gasteiger partial charge in [0.1, 0.15) is 19.8 Å². The molecule has 1 N–H and O–H groups in total. The molecule has 2 atom stereocenters. The van der Waals surface area contributed by atoms with Gasteiger partial charge in [0, 0.05) is 12.8 Å². The predicted octanol–water partition coefficient (Wildman–Crippen LogP) is 18.3. The molecule has 0 aromatic rings. The molecule has 2 unspecified atom stereocenters. The topological polar surface area (TPSA) is 108 Å². The zero-order valence-electron chi connectivity index (χ0n) is 47.0. The fourth-order valence-electron chi connectivity index (χ4n) is 8.28. The number of carbonyl (C=O) groups excluding carboxylic acids is 2. The van der Waals surface area contributed by atoms with E-state index in [-0.39, 0.29) is 32.0 Å². The Morgan fingerprint density at radius 1 is 0.451 bits per heavy atom. The number of hydrogen-bond acceptors (Lipinski definition) is 7. The first-order valence-corrected chi connectivity index (χ1v) is 31.0. The molecule has 0 heterocycles. The van der Waals surface area contributed by atoms with Crippen LogP contribution in [0.15, 0.2) is 60.8 Å². The van der Waals surface area contributed by atoms with Crippen molar-refractivity contribution in [2.45, 2.75) is 270 Å². The lowest BCUT2D eigenvalue weighted by atomic mass is 10.0. The van der Waals surface area contributed by atoms with Crippen LogP contribution < -0.4 is 0 Å². The lowest BCUT2D eigenvalue weighted by Gasteiger charge is -2.24. The molecule has 414 valence electrons. The molecule has 0 radical (unpaired) electrons. The summed E-state index contributed by atoms with van der Waals surface area (Å²) >= 11 is 0. The van der Waals surface area contributed by atoms with Gasteiger partial charge in [-0.3, -0.25) is 18.6 Å². The third-order valence-corrected chi connectivity index (χ3v) is 13.8. The van der Waals surface area contributed by atoms with Crippen molar-refractivity contribution in [3.8, 4) is 0 Å². The number of unbranched alkanes of at least 4 members (excludes halogenated alkanes) is 30. The average molecular weight is 1020 g/mol. The summed E-state index contributed by atoms with van der Waals surface area (Å²) in [6.45, 7) is 4.33. The largest absolute Gasteiger partial charge is 0.472 e. The van der Waals surface area contributed by atoms with Gasteiger partial charge in [-0.05, 0) is 57.8 Å². The van der Waals surface area contributed by atoms with Crippen molar-refractivity contribution in [2.24, 2.45) is 0 Å². The molecule has 0 aromatic carbocycles. The van der Waals surface area contributed by atoms with Gasteiger partial charge >= 0.3 is 19.8 Å². The van der Waals surface area contributed by atoms with Gasteiger partial charge in [0.25, 0.3) is 0 Å². The average Bonchev–Trinajstić information content (AvgIpc) is 3.33. The number of quaternary nitrogens is 1. The minimum absolute atomic E-state index is 0.0265. The zero-order chi connectivity index (χ0) is 52.0. The summed E-state index contributed by atoms with van der Waals surface area (Å²) in [4.78, 5) is 35.7. The highest BCUT2D eigenvalue weighted by Gasteiger charge is 2.27. The summed E-state index contributed by atoms with van der Waals surface area (Å²) in [6.07, 6.45) is 67.2. The molecule has 10 heteroatoms. The monoisotopic (exact) mass is 1020 g/mol. The van der Waals surface area contributed by atoms with Gasteiger partial charge in [-0.1, -0.05) is 254 Å². The third-order valence-electron chi connectivity index (χ3n) is 12.8. The van der Waals surface area contributed by atoms with Gasteiger partial charge in [-0.2, -0.15) is 0 Å². The fourth-order valence-corrected chi connectivity index (χ4v) is 9.02. The standard InChI is InChI=1S/C61H112NO8P/c1-6-8-10-12-14-16-18-20-22-24-26-28-29-30-31-32-34-35-37-39-41-43-45-47-49-51-53-60(63)67-57-59(58-69-71(65,66)68-56-55-62(3,4)5)70-61(64)54-52-50-48-46-44-42-40-38-36-33-27-25-23-21-19-17-15-13-11-9-7-2/h9,11,15,17,21,23,27,33,38,40,59H,6-8,10,12-14,16,18-20,22,24-26,28-32,34-37,39,41-58H2,1-5H3/p+1/b11-9-,17-15-,23-21-,33-27-,40-38-. The molecule has 0 fully saturated rings.